The van der Waals surface area contributed by atoms with Crippen LogP contribution in [0, 0.1) is 5.92 Å². The van der Waals surface area contributed by atoms with Gasteiger partial charge in [0.25, 0.3) is 0 Å². The molecule has 158 valence electrons. The van der Waals surface area contributed by atoms with Crippen molar-refractivity contribution in [3.63, 3.8) is 0 Å². The van der Waals surface area contributed by atoms with Crippen molar-refractivity contribution < 1.29 is 32.3 Å². The first-order chi connectivity index (χ1) is 12.9. The number of carbonyl (C=O) groups is 3. The van der Waals surface area contributed by atoms with Crippen LogP contribution in [0.2, 0.25) is 10.3 Å². The first-order valence-electron chi connectivity index (χ1n) is 8.22. The van der Waals surface area contributed by atoms with Gasteiger partial charge in [-0.3, -0.25) is 4.79 Å². The number of aromatic nitrogens is 1. The van der Waals surface area contributed by atoms with Crippen molar-refractivity contribution in [2.24, 2.45) is 5.92 Å². The number of hydrogen-bond acceptors (Lipinski definition) is 6. The van der Waals surface area contributed by atoms with E-state index in [1.165, 1.54) is 0 Å². The van der Waals surface area contributed by atoms with E-state index in [1.54, 1.807) is 19.2 Å². The molecular weight excluding hydrogens is 468 g/mol. The number of rotatable bonds is 8. The molecule has 1 heterocycles. The Bertz CT molecular complexity index is 687. The predicted molar refractivity (Wildman–Crippen MR) is 100 cm³/mol. The van der Waals surface area contributed by atoms with Gasteiger partial charge < -0.3 is 0 Å². The summed E-state index contributed by atoms with van der Waals surface area (Å²) in [6.45, 7) is 4.40. The van der Waals surface area contributed by atoms with E-state index in [-0.39, 0.29) is 37.3 Å². The predicted octanol–water partition coefficient (Wildman–Crippen LogP) is 3.24. The van der Waals surface area contributed by atoms with Crippen LogP contribution in [0.5, 0.6) is 0 Å². The number of ketones is 1. The van der Waals surface area contributed by atoms with Crippen molar-refractivity contribution in [2.75, 3.05) is 12.3 Å². The van der Waals surface area contributed by atoms with Crippen molar-refractivity contribution in [2.45, 2.75) is 45.1 Å². The second-order valence-corrected chi connectivity index (χ2v) is 8.12. The van der Waals surface area contributed by atoms with Gasteiger partial charge in [-0.2, -0.15) is 13.2 Å². The zero-order valence-electron chi connectivity index (χ0n) is 15.6. The molecule has 1 atom stereocenters. The second-order valence-electron chi connectivity index (χ2n) is 5.45. The number of Topliss-reactive ketones (excluding diaryl/α,β-unsaturated/α-hetero) is 1. The van der Waals surface area contributed by atoms with E-state index in [0.29, 0.717) is 36.7 Å². The fourth-order valence-electron chi connectivity index (χ4n) is 1.65. The first-order valence-corrected chi connectivity index (χ1v) is 10.7. The normalized spacial score (nSPS) is 11.8. The van der Waals surface area contributed by atoms with Gasteiger partial charge in [-0.15, -0.1) is 0 Å². The Labute approximate surface area is 172 Å². The van der Waals surface area contributed by atoms with Crippen molar-refractivity contribution in [3.8, 4) is 0 Å². The van der Waals surface area contributed by atoms with Crippen LogP contribution in [0.25, 0.3) is 0 Å². The summed E-state index contributed by atoms with van der Waals surface area (Å²) < 4.78 is 37.8. The van der Waals surface area contributed by atoms with Crippen LogP contribution >= 0.6 is 11.6 Å². The third-order valence-corrected chi connectivity index (χ3v) is 5.94. The Morgan fingerprint density at radius 2 is 1.89 bits per heavy atom. The van der Waals surface area contributed by atoms with Gasteiger partial charge in [0.2, 0.25) is 5.78 Å². The molecule has 0 bridgehead atoms. The molecule has 1 aromatic heterocycles. The van der Waals surface area contributed by atoms with Crippen molar-refractivity contribution in [3.05, 3.63) is 22.8 Å². The number of nitrogens with zero attached hydrogens (tertiary/aromatic N) is 1. The maximum atomic E-state index is 12.0. The zero-order valence-corrected chi connectivity index (χ0v) is 18.1. The average molecular weight is 490 g/mol. The van der Waals surface area contributed by atoms with Crippen LogP contribution < -0.4 is 5.73 Å². The number of halogens is 4. The number of pyridine rings is 1. The molecule has 0 aromatic carbocycles. The Kier molecular flexibility index (Phi) is 12.0. The number of esters is 1. The summed E-state index contributed by atoms with van der Waals surface area (Å²) in [7, 11) is 0. The number of hydrogen-bond donors (Lipinski definition) is 1. The Morgan fingerprint density at radius 1 is 1.32 bits per heavy atom. The third-order valence-electron chi connectivity index (χ3n) is 3.16. The molecule has 0 fully saturated rings. The van der Waals surface area contributed by atoms with Gasteiger partial charge in [0, 0.05) is 6.92 Å². The molecule has 0 saturated carbocycles. The topological polar surface area (TPSA) is 99.4 Å². The molecule has 0 saturated heterocycles. The molecule has 0 aliphatic heterocycles. The third kappa shape index (κ3) is 10.6. The summed E-state index contributed by atoms with van der Waals surface area (Å²) in [4.78, 5) is 36.8. The number of ether oxygens (including phenoxy) is 1. The molecule has 0 aliphatic carbocycles. The van der Waals surface area contributed by atoms with Crippen molar-refractivity contribution in [1.29, 1.82) is 0 Å². The van der Waals surface area contributed by atoms with Crippen LogP contribution in [-0.2, 0) is 25.5 Å². The Morgan fingerprint density at radius 3 is 2.32 bits per heavy atom. The number of alkyl halides is 3. The van der Waals surface area contributed by atoms with Crippen LogP contribution in [0.15, 0.2) is 12.3 Å². The van der Waals surface area contributed by atoms with E-state index < -0.39 is 12.0 Å². The summed E-state index contributed by atoms with van der Waals surface area (Å²) in [5.41, 5.74) is 6.38. The van der Waals surface area contributed by atoms with Gasteiger partial charge in [-0.05, 0) is 0 Å². The molecule has 0 spiro atoms. The summed E-state index contributed by atoms with van der Waals surface area (Å²) in [6.07, 6.45) is -2.09. The summed E-state index contributed by atoms with van der Waals surface area (Å²) >= 11 is 5.72. The molecule has 6 nitrogen and oxygen atoms in total. The Balaban J connectivity index is 0.000000887. The Hall–Kier alpha value is -1.64. The number of anilines is 1. The van der Waals surface area contributed by atoms with E-state index in [2.05, 4.69) is 4.98 Å². The van der Waals surface area contributed by atoms with Gasteiger partial charge >= 0.3 is 142 Å². The molecule has 0 aliphatic rings. The number of nitrogens with two attached hydrogens (primary N) is 1. The summed E-state index contributed by atoms with van der Waals surface area (Å²) in [5, 5.41) is 0.894. The van der Waals surface area contributed by atoms with Crippen molar-refractivity contribution >= 4 is 48.8 Å². The fourth-order valence-corrected chi connectivity index (χ4v) is 3.61. The molecule has 1 aromatic rings. The van der Waals surface area contributed by atoms with Crippen LogP contribution in [0.4, 0.5) is 19.0 Å². The average Bonchev–Trinajstić information content (AvgIpc) is 2.61. The van der Waals surface area contributed by atoms with E-state index in [4.69, 9.17) is 22.1 Å². The molecule has 1 rings (SSSR count). The van der Waals surface area contributed by atoms with Gasteiger partial charge in [0.05, 0.1) is 0 Å². The molecule has 28 heavy (non-hydrogen) atoms. The van der Waals surface area contributed by atoms with E-state index in [9.17, 15) is 27.6 Å². The summed E-state index contributed by atoms with van der Waals surface area (Å²) in [5.74, 6) is -2.12. The molecular formula is C17H22ClF3N2O4Se. The van der Waals surface area contributed by atoms with E-state index in [0.717, 1.165) is 5.56 Å². The standard InChI is InChI=1S/C14H19ClN2O3Se.C3H3F3O/c1-3-12(18)21-8-10(14(19)20-4-2)5-9-6-11(15)13(16)17-7-9;1-2(7)3(4,5)6/h6-7,10H,3-5,8H2,1-2H3,(H2,16,17);1H3. The van der Waals surface area contributed by atoms with Crippen molar-refractivity contribution in [1.82, 2.24) is 4.98 Å². The SMILES string of the molecule is CC(=O)C(F)(F)F.CCOC(=O)C(C[Se]C(=O)CC)Cc1cnc(N)c(Cl)c1. The van der Waals surface area contributed by atoms with E-state index >= 15 is 0 Å². The van der Waals surface area contributed by atoms with Crippen LogP contribution in [0.1, 0.15) is 32.8 Å². The summed E-state index contributed by atoms with van der Waals surface area (Å²) in [6, 6.07) is 1.70. The minimum absolute atomic E-state index is 0.199. The van der Waals surface area contributed by atoms with Gasteiger partial charge in [0.1, 0.15) is 0 Å². The van der Waals surface area contributed by atoms with Crippen LogP contribution in [-0.4, -0.2) is 49.2 Å². The maximum absolute atomic E-state index is 12.0. The fraction of sp³-hybridized carbons (Fsp3) is 0.529. The quantitative estimate of drug-likeness (QED) is 0.444. The monoisotopic (exact) mass is 490 g/mol. The van der Waals surface area contributed by atoms with E-state index in [1.807, 2.05) is 6.92 Å². The molecule has 1 unspecified atom stereocenters. The van der Waals surface area contributed by atoms with Gasteiger partial charge in [0.15, 0.2) is 0 Å². The molecule has 0 radical (unpaired) electrons. The van der Waals surface area contributed by atoms with Crippen LogP contribution in [0.3, 0.4) is 0 Å². The first kappa shape index (κ1) is 26.4. The van der Waals surface area contributed by atoms with Gasteiger partial charge in [-0.1, -0.05) is 0 Å². The molecule has 0 amide bonds. The second kappa shape index (κ2) is 12.7. The minimum atomic E-state index is -4.64. The molecule has 11 heteroatoms. The zero-order chi connectivity index (χ0) is 21.9. The number of nitrogen functional groups attached to an aromatic ring is 1. The molecule has 2 N–H and O–H groups in total. The van der Waals surface area contributed by atoms with Gasteiger partial charge in [-0.25, -0.2) is 0 Å². The number of carbonyl (C=O) groups excluding carboxylic acids is 3.